The Morgan fingerprint density at radius 1 is 1.17 bits per heavy atom. The molecule has 0 saturated carbocycles. The number of carboxylic acids is 1. The van der Waals surface area contributed by atoms with Crippen LogP contribution in [0.15, 0.2) is 42.5 Å². The summed E-state index contributed by atoms with van der Waals surface area (Å²) in [6, 6.07) is 10.5. The number of nitrogens with zero attached hydrogens (tertiary/aromatic N) is 1. The summed E-state index contributed by atoms with van der Waals surface area (Å²) in [6.45, 7) is 2.79. The number of carboxylic acid groups (broad SMARTS) is 1. The SMILES string of the molecule is CC(CCCc1ccccc1)[C@H](O)/C=C/[C@H]1CCC(=O)N1CCCCCCC(=O)O. The van der Waals surface area contributed by atoms with Crippen LogP contribution in [-0.4, -0.2) is 45.7 Å². The largest absolute Gasteiger partial charge is 0.481 e. The lowest BCUT2D eigenvalue weighted by Crippen LogP contribution is -2.33. The molecule has 30 heavy (non-hydrogen) atoms. The van der Waals surface area contributed by atoms with Crippen molar-refractivity contribution in [2.75, 3.05) is 6.54 Å². The summed E-state index contributed by atoms with van der Waals surface area (Å²) in [5, 5.41) is 19.2. The molecule has 166 valence electrons. The van der Waals surface area contributed by atoms with Crippen molar-refractivity contribution in [2.45, 2.75) is 83.3 Å². The van der Waals surface area contributed by atoms with Crippen LogP contribution in [0, 0.1) is 5.92 Å². The van der Waals surface area contributed by atoms with E-state index in [1.165, 1.54) is 5.56 Å². The Morgan fingerprint density at radius 3 is 2.63 bits per heavy atom. The maximum Gasteiger partial charge on any atom is 0.303 e. The lowest BCUT2D eigenvalue weighted by molar-refractivity contribution is -0.137. The molecule has 3 atom stereocenters. The van der Waals surface area contributed by atoms with Crippen LogP contribution in [0.25, 0.3) is 0 Å². The highest BCUT2D eigenvalue weighted by molar-refractivity contribution is 5.79. The van der Waals surface area contributed by atoms with Gasteiger partial charge in [-0.15, -0.1) is 0 Å². The second-order valence-corrected chi connectivity index (χ2v) is 8.48. The molecule has 2 rings (SSSR count). The van der Waals surface area contributed by atoms with Crippen molar-refractivity contribution in [3.05, 3.63) is 48.0 Å². The van der Waals surface area contributed by atoms with Gasteiger partial charge in [0.05, 0.1) is 12.1 Å². The molecule has 0 aromatic heterocycles. The Balaban J connectivity index is 1.70. The molecule has 1 saturated heterocycles. The fourth-order valence-corrected chi connectivity index (χ4v) is 4.03. The number of hydrogen-bond acceptors (Lipinski definition) is 3. The third-order valence-electron chi connectivity index (χ3n) is 6.00. The van der Waals surface area contributed by atoms with E-state index in [0.717, 1.165) is 44.9 Å². The van der Waals surface area contributed by atoms with Crippen LogP contribution in [0.2, 0.25) is 0 Å². The van der Waals surface area contributed by atoms with E-state index in [-0.39, 0.29) is 24.3 Å². The number of aliphatic hydroxyl groups excluding tert-OH is 1. The van der Waals surface area contributed by atoms with Gasteiger partial charge in [-0.2, -0.15) is 0 Å². The van der Waals surface area contributed by atoms with Gasteiger partial charge in [-0.05, 0) is 50.0 Å². The van der Waals surface area contributed by atoms with E-state index in [4.69, 9.17) is 5.11 Å². The zero-order valence-electron chi connectivity index (χ0n) is 18.2. The van der Waals surface area contributed by atoms with Gasteiger partial charge in [-0.1, -0.05) is 62.2 Å². The van der Waals surface area contributed by atoms with Crippen LogP contribution in [0.3, 0.4) is 0 Å². The first-order valence-electron chi connectivity index (χ1n) is 11.4. The molecular weight excluding hydrogens is 378 g/mol. The fourth-order valence-electron chi connectivity index (χ4n) is 4.03. The van der Waals surface area contributed by atoms with Crippen molar-refractivity contribution in [3.8, 4) is 0 Å². The second kappa shape index (κ2) is 13.2. The zero-order valence-corrected chi connectivity index (χ0v) is 18.2. The monoisotopic (exact) mass is 415 g/mol. The number of aliphatic hydroxyl groups is 1. The predicted molar refractivity (Wildman–Crippen MR) is 119 cm³/mol. The van der Waals surface area contributed by atoms with E-state index in [2.05, 4.69) is 31.2 Å². The van der Waals surface area contributed by atoms with Gasteiger partial charge in [0.2, 0.25) is 5.91 Å². The molecule has 1 fully saturated rings. The summed E-state index contributed by atoms with van der Waals surface area (Å²) in [5.41, 5.74) is 1.33. The molecule has 5 heteroatoms. The molecule has 0 bridgehead atoms. The maximum absolute atomic E-state index is 12.2. The average Bonchev–Trinajstić information content (AvgIpc) is 3.08. The smallest absolute Gasteiger partial charge is 0.303 e. The van der Waals surface area contributed by atoms with E-state index in [0.29, 0.717) is 19.4 Å². The summed E-state index contributed by atoms with van der Waals surface area (Å²) >= 11 is 0. The minimum absolute atomic E-state index is 0.0719. The second-order valence-electron chi connectivity index (χ2n) is 8.48. The van der Waals surface area contributed by atoms with E-state index in [1.807, 2.05) is 23.1 Å². The molecule has 1 heterocycles. The predicted octanol–water partition coefficient (Wildman–Crippen LogP) is 4.59. The summed E-state index contributed by atoms with van der Waals surface area (Å²) in [6.07, 6.45) is 11.4. The first kappa shape index (κ1) is 24.1. The van der Waals surface area contributed by atoms with Gasteiger partial charge in [0.15, 0.2) is 0 Å². The number of hydrogen-bond donors (Lipinski definition) is 2. The Bertz CT molecular complexity index is 673. The quantitative estimate of drug-likeness (QED) is 0.344. The van der Waals surface area contributed by atoms with Gasteiger partial charge < -0.3 is 15.1 Å². The molecule has 0 spiro atoms. The maximum atomic E-state index is 12.2. The fraction of sp³-hybridized carbons (Fsp3) is 0.600. The highest BCUT2D eigenvalue weighted by atomic mass is 16.4. The van der Waals surface area contributed by atoms with Gasteiger partial charge in [-0.25, -0.2) is 0 Å². The van der Waals surface area contributed by atoms with E-state index >= 15 is 0 Å². The molecule has 1 aromatic carbocycles. The van der Waals surface area contributed by atoms with Crippen LogP contribution in [0.1, 0.15) is 70.3 Å². The summed E-state index contributed by atoms with van der Waals surface area (Å²) in [5.74, 6) is -0.381. The first-order valence-corrected chi connectivity index (χ1v) is 11.4. The summed E-state index contributed by atoms with van der Waals surface area (Å²) in [7, 11) is 0. The Hall–Kier alpha value is -2.14. The van der Waals surface area contributed by atoms with Crippen molar-refractivity contribution < 1.29 is 19.8 Å². The number of carbonyl (C=O) groups excluding carboxylic acids is 1. The molecule has 5 nitrogen and oxygen atoms in total. The minimum atomic E-state index is -0.747. The van der Waals surface area contributed by atoms with Crippen LogP contribution >= 0.6 is 0 Å². The number of likely N-dealkylation sites (tertiary alicyclic amines) is 1. The van der Waals surface area contributed by atoms with Crippen molar-refractivity contribution in [3.63, 3.8) is 0 Å². The molecule has 1 unspecified atom stereocenters. The van der Waals surface area contributed by atoms with Crippen LogP contribution in [0.5, 0.6) is 0 Å². The van der Waals surface area contributed by atoms with E-state index in [1.54, 1.807) is 0 Å². The zero-order chi connectivity index (χ0) is 21.8. The van der Waals surface area contributed by atoms with Crippen LogP contribution < -0.4 is 0 Å². The first-order chi connectivity index (χ1) is 14.5. The van der Waals surface area contributed by atoms with Crippen molar-refractivity contribution in [1.82, 2.24) is 4.90 Å². The van der Waals surface area contributed by atoms with Gasteiger partial charge in [0, 0.05) is 19.4 Å². The van der Waals surface area contributed by atoms with Gasteiger partial charge in [0.1, 0.15) is 0 Å². The number of aliphatic carboxylic acids is 1. The Labute approximate surface area is 180 Å². The highest BCUT2D eigenvalue weighted by Gasteiger charge is 2.28. The van der Waals surface area contributed by atoms with E-state index < -0.39 is 12.1 Å². The Morgan fingerprint density at radius 2 is 1.90 bits per heavy atom. The number of amides is 1. The molecule has 0 radical (unpaired) electrons. The summed E-state index contributed by atoms with van der Waals surface area (Å²) < 4.78 is 0. The summed E-state index contributed by atoms with van der Waals surface area (Å²) in [4.78, 5) is 24.7. The van der Waals surface area contributed by atoms with Crippen LogP contribution in [-0.2, 0) is 16.0 Å². The number of rotatable bonds is 14. The minimum Gasteiger partial charge on any atom is -0.481 e. The van der Waals surface area contributed by atoms with Crippen molar-refractivity contribution in [1.29, 1.82) is 0 Å². The average molecular weight is 416 g/mol. The molecule has 1 amide bonds. The number of carbonyl (C=O) groups is 2. The molecular formula is C25H37NO4. The standard InChI is InChI=1S/C25H37NO4/c1-20(10-9-13-21-11-5-4-6-12-21)23(27)17-15-22-16-18-24(28)26(22)19-8-3-2-7-14-25(29)30/h4-6,11-12,15,17,20,22-23,27H,2-3,7-10,13-14,16,18-19H2,1H3,(H,29,30)/b17-15+/t20?,22-,23+/m0/s1. The Kier molecular flexibility index (Phi) is 10.6. The highest BCUT2D eigenvalue weighted by Crippen LogP contribution is 2.22. The lowest BCUT2D eigenvalue weighted by Gasteiger charge is -2.23. The third-order valence-corrected chi connectivity index (χ3v) is 6.00. The normalized spacial score (nSPS) is 18.8. The van der Waals surface area contributed by atoms with E-state index in [9.17, 15) is 14.7 Å². The van der Waals surface area contributed by atoms with Crippen LogP contribution in [0.4, 0.5) is 0 Å². The third kappa shape index (κ3) is 8.70. The topological polar surface area (TPSA) is 77.8 Å². The molecule has 2 N–H and O–H groups in total. The van der Waals surface area contributed by atoms with Crippen molar-refractivity contribution >= 4 is 11.9 Å². The van der Waals surface area contributed by atoms with Crippen molar-refractivity contribution in [2.24, 2.45) is 5.92 Å². The van der Waals surface area contributed by atoms with Gasteiger partial charge in [0.25, 0.3) is 0 Å². The number of unbranched alkanes of at least 4 members (excludes halogenated alkanes) is 3. The number of aryl methyl sites for hydroxylation is 1. The number of benzene rings is 1. The molecule has 0 aliphatic carbocycles. The van der Waals surface area contributed by atoms with Gasteiger partial charge in [-0.3, -0.25) is 9.59 Å². The lowest BCUT2D eigenvalue weighted by atomic mass is 9.95. The van der Waals surface area contributed by atoms with Gasteiger partial charge >= 0.3 is 5.97 Å². The molecule has 1 aliphatic heterocycles. The molecule has 1 aromatic rings. The molecule has 1 aliphatic rings.